The molecule has 1 aliphatic rings. The van der Waals surface area contributed by atoms with Crippen LogP contribution in [0.5, 0.6) is 0 Å². The molecular weight excluding hydrogens is 220 g/mol. The number of β-amino-alcohol motifs (C(OH)–C–C–N with tert-alkyl or cyclic N) is 2. The number of aliphatic hydroxyl groups is 2. The van der Waals surface area contributed by atoms with Crippen molar-refractivity contribution >= 4 is 11.6 Å². The van der Waals surface area contributed by atoms with Crippen molar-refractivity contribution in [3.8, 4) is 0 Å². The van der Waals surface area contributed by atoms with Gasteiger partial charge in [-0.2, -0.15) is 0 Å². The second-order valence-electron chi connectivity index (χ2n) is 4.48. The van der Waals surface area contributed by atoms with Gasteiger partial charge in [-0.25, -0.2) is 0 Å². The molecule has 1 saturated heterocycles. The first-order valence-corrected chi connectivity index (χ1v) is 5.50. The number of rotatable bonds is 1. The van der Waals surface area contributed by atoms with Crippen LogP contribution in [-0.2, 0) is 0 Å². The van der Waals surface area contributed by atoms with Gasteiger partial charge >= 0.3 is 0 Å². The molecule has 0 aliphatic carbocycles. The van der Waals surface area contributed by atoms with Crippen LogP contribution in [0.1, 0.15) is 15.9 Å². The van der Waals surface area contributed by atoms with Crippen LogP contribution in [0.15, 0.2) is 18.2 Å². The highest BCUT2D eigenvalue weighted by molar-refractivity contribution is 5.95. The molecule has 1 fully saturated rings. The second-order valence-corrected chi connectivity index (χ2v) is 4.48. The summed E-state index contributed by atoms with van der Waals surface area (Å²) in [5.74, 6) is -0.212. The van der Waals surface area contributed by atoms with E-state index < -0.39 is 12.2 Å². The molecule has 17 heavy (non-hydrogen) atoms. The normalized spacial score (nSPS) is 24.1. The highest BCUT2D eigenvalue weighted by Crippen LogP contribution is 2.17. The first-order chi connectivity index (χ1) is 7.97. The summed E-state index contributed by atoms with van der Waals surface area (Å²) in [4.78, 5) is 13.5. The molecule has 0 aromatic heterocycles. The molecule has 0 radical (unpaired) electrons. The number of carbonyl (C=O) groups is 1. The average molecular weight is 236 g/mol. The lowest BCUT2D eigenvalue weighted by Gasteiger charge is -2.16. The van der Waals surface area contributed by atoms with E-state index in [0.717, 1.165) is 5.56 Å². The Morgan fingerprint density at radius 1 is 1.29 bits per heavy atom. The lowest BCUT2D eigenvalue weighted by atomic mass is 10.1. The van der Waals surface area contributed by atoms with E-state index in [2.05, 4.69) is 0 Å². The van der Waals surface area contributed by atoms with Crippen LogP contribution in [0.2, 0.25) is 0 Å². The zero-order chi connectivity index (χ0) is 12.6. The Balaban J connectivity index is 2.20. The van der Waals surface area contributed by atoms with Crippen molar-refractivity contribution in [2.24, 2.45) is 0 Å². The van der Waals surface area contributed by atoms with Gasteiger partial charge in [0.25, 0.3) is 5.91 Å². The first kappa shape index (κ1) is 11.9. The minimum absolute atomic E-state index is 0.161. The molecule has 1 amide bonds. The van der Waals surface area contributed by atoms with Crippen LogP contribution < -0.4 is 5.73 Å². The molecule has 1 heterocycles. The summed E-state index contributed by atoms with van der Waals surface area (Å²) in [6.07, 6.45) is -1.72. The van der Waals surface area contributed by atoms with E-state index in [1.165, 1.54) is 4.90 Å². The fraction of sp³-hybridized carbons (Fsp3) is 0.417. The van der Waals surface area contributed by atoms with Gasteiger partial charge in [0.05, 0.1) is 12.2 Å². The number of aryl methyl sites for hydroxylation is 1. The number of nitrogen functional groups attached to an aromatic ring is 1. The molecule has 0 bridgehead atoms. The summed E-state index contributed by atoms with van der Waals surface area (Å²) in [5, 5.41) is 18.8. The predicted molar refractivity (Wildman–Crippen MR) is 63.5 cm³/mol. The summed E-state index contributed by atoms with van der Waals surface area (Å²) in [7, 11) is 0. The Kier molecular flexibility index (Phi) is 3.04. The van der Waals surface area contributed by atoms with E-state index in [0.29, 0.717) is 11.3 Å². The van der Waals surface area contributed by atoms with Crippen LogP contribution in [0.4, 0.5) is 5.69 Å². The zero-order valence-corrected chi connectivity index (χ0v) is 9.63. The maximum atomic E-state index is 12.1. The zero-order valence-electron chi connectivity index (χ0n) is 9.63. The van der Waals surface area contributed by atoms with Crippen LogP contribution in [0.25, 0.3) is 0 Å². The Labute approximate surface area is 99.5 Å². The van der Waals surface area contributed by atoms with Crippen molar-refractivity contribution in [2.45, 2.75) is 19.1 Å². The smallest absolute Gasteiger partial charge is 0.254 e. The number of anilines is 1. The van der Waals surface area contributed by atoms with Crippen molar-refractivity contribution in [2.75, 3.05) is 18.8 Å². The number of carbonyl (C=O) groups excluding carboxylic acids is 1. The van der Waals surface area contributed by atoms with E-state index in [4.69, 9.17) is 5.73 Å². The molecule has 92 valence electrons. The van der Waals surface area contributed by atoms with Gasteiger partial charge < -0.3 is 20.8 Å². The van der Waals surface area contributed by atoms with Gasteiger partial charge in [-0.1, -0.05) is 0 Å². The van der Waals surface area contributed by atoms with E-state index >= 15 is 0 Å². The number of hydrogen-bond donors (Lipinski definition) is 3. The average Bonchev–Trinajstić information content (AvgIpc) is 2.57. The number of benzene rings is 1. The number of nitrogens with two attached hydrogens (primary N) is 1. The highest BCUT2D eigenvalue weighted by Gasteiger charge is 2.32. The SMILES string of the molecule is Cc1cc(N)cc(C(=O)N2C[C@@H](O)[C@@H](O)C2)c1. The molecule has 0 spiro atoms. The van der Waals surface area contributed by atoms with Crippen molar-refractivity contribution in [3.05, 3.63) is 29.3 Å². The van der Waals surface area contributed by atoms with Crippen molar-refractivity contribution in [1.82, 2.24) is 4.90 Å². The Bertz CT molecular complexity index is 417. The fourth-order valence-electron chi connectivity index (χ4n) is 2.05. The van der Waals surface area contributed by atoms with Gasteiger partial charge in [-0.05, 0) is 30.7 Å². The van der Waals surface area contributed by atoms with Crippen LogP contribution in [0.3, 0.4) is 0 Å². The third-order valence-corrected chi connectivity index (χ3v) is 2.89. The molecule has 1 aliphatic heterocycles. The molecule has 4 N–H and O–H groups in total. The number of aliphatic hydroxyl groups excluding tert-OH is 2. The fourth-order valence-corrected chi connectivity index (χ4v) is 2.05. The standard InChI is InChI=1S/C12H16N2O3/c1-7-2-8(4-9(13)3-7)12(17)14-5-10(15)11(16)6-14/h2-4,10-11,15-16H,5-6,13H2,1H3/t10-,11+. The number of likely N-dealkylation sites (tertiary alicyclic amines) is 1. The van der Waals surface area contributed by atoms with Gasteiger partial charge in [0, 0.05) is 24.3 Å². The molecule has 2 atom stereocenters. The maximum absolute atomic E-state index is 12.1. The third kappa shape index (κ3) is 2.40. The molecule has 0 unspecified atom stereocenters. The summed E-state index contributed by atoms with van der Waals surface area (Å²) in [6, 6.07) is 5.13. The minimum atomic E-state index is -0.860. The summed E-state index contributed by atoms with van der Waals surface area (Å²) in [6.45, 7) is 2.18. The van der Waals surface area contributed by atoms with Gasteiger partial charge in [0.2, 0.25) is 0 Å². The largest absolute Gasteiger partial charge is 0.399 e. The lowest BCUT2D eigenvalue weighted by molar-refractivity contribution is 0.0572. The van der Waals surface area contributed by atoms with Gasteiger partial charge in [0.1, 0.15) is 0 Å². The number of nitrogens with zero attached hydrogens (tertiary/aromatic N) is 1. The number of hydrogen-bond acceptors (Lipinski definition) is 4. The topological polar surface area (TPSA) is 86.8 Å². The van der Waals surface area contributed by atoms with Crippen LogP contribution in [-0.4, -0.2) is 46.3 Å². The summed E-state index contributed by atoms with van der Waals surface area (Å²) < 4.78 is 0. The van der Waals surface area contributed by atoms with Crippen molar-refractivity contribution in [1.29, 1.82) is 0 Å². The Hall–Kier alpha value is -1.59. The molecule has 2 rings (SSSR count). The van der Waals surface area contributed by atoms with E-state index in [9.17, 15) is 15.0 Å². The monoisotopic (exact) mass is 236 g/mol. The Morgan fingerprint density at radius 3 is 2.41 bits per heavy atom. The van der Waals surface area contributed by atoms with Crippen molar-refractivity contribution < 1.29 is 15.0 Å². The maximum Gasteiger partial charge on any atom is 0.254 e. The molecular formula is C12H16N2O3. The van der Waals surface area contributed by atoms with Gasteiger partial charge in [0.15, 0.2) is 0 Å². The van der Waals surface area contributed by atoms with Crippen molar-refractivity contribution in [3.63, 3.8) is 0 Å². The van der Waals surface area contributed by atoms with Crippen LogP contribution in [0, 0.1) is 6.92 Å². The number of amides is 1. The van der Waals surface area contributed by atoms with Crippen LogP contribution >= 0.6 is 0 Å². The third-order valence-electron chi connectivity index (χ3n) is 2.89. The second kappa shape index (κ2) is 4.35. The predicted octanol–water partition coefficient (Wildman–Crippen LogP) is -0.245. The van der Waals surface area contributed by atoms with E-state index in [1.807, 2.05) is 6.92 Å². The minimum Gasteiger partial charge on any atom is -0.399 e. The molecule has 5 nitrogen and oxygen atoms in total. The molecule has 1 aromatic rings. The van der Waals surface area contributed by atoms with Gasteiger partial charge in [-0.3, -0.25) is 4.79 Å². The highest BCUT2D eigenvalue weighted by atomic mass is 16.3. The van der Waals surface area contributed by atoms with E-state index in [1.54, 1.807) is 18.2 Å². The van der Waals surface area contributed by atoms with Gasteiger partial charge in [-0.15, -0.1) is 0 Å². The summed E-state index contributed by atoms with van der Waals surface area (Å²) in [5.41, 5.74) is 7.62. The molecule has 5 heteroatoms. The summed E-state index contributed by atoms with van der Waals surface area (Å²) >= 11 is 0. The lowest BCUT2D eigenvalue weighted by Crippen LogP contribution is -2.29. The molecule has 0 saturated carbocycles. The Morgan fingerprint density at radius 2 is 1.88 bits per heavy atom. The van der Waals surface area contributed by atoms with E-state index in [-0.39, 0.29) is 19.0 Å². The first-order valence-electron chi connectivity index (χ1n) is 5.50. The quantitative estimate of drug-likeness (QED) is 0.587. The molecule has 1 aromatic carbocycles.